The van der Waals surface area contributed by atoms with Gasteiger partial charge in [-0.25, -0.2) is 0 Å². The first kappa shape index (κ1) is 9.01. The summed E-state index contributed by atoms with van der Waals surface area (Å²) in [5.41, 5.74) is 0. The lowest BCUT2D eigenvalue weighted by Crippen LogP contribution is -2.46. The van der Waals surface area contributed by atoms with E-state index in [1.807, 2.05) is 13.0 Å². The molecule has 1 atom stereocenters. The Kier molecular flexibility index (Phi) is 3.06. The van der Waals surface area contributed by atoms with Crippen LogP contribution in [0.2, 0.25) is 0 Å². The Labute approximate surface area is 71.7 Å². The predicted molar refractivity (Wildman–Crippen MR) is 42.2 cm³/mol. The second-order valence-corrected chi connectivity index (χ2v) is 2.73. The summed E-state index contributed by atoms with van der Waals surface area (Å²) in [6.07, 6.45) is 0.275. The molecule has 12 heavy (non-hydrogen) atoms. The maximum atomic E-state index is 11.1. The van der Waals surface area contributed by atoms with Crippen LogP contribution in [0.3, 0.4) is 0 Å². The number of nitrogens with zero attached hydrogens (tertiary/aromatic N) is 2. The molecule has 1 rings (SSSR count). The van der Waals surface area contributed by atoms with E-state index in [0.717, 1.165) is 0 Å². The summed E-state index contributed by atoms with van der Waals surface area (Å²) >= 11 is 0. The minimum absolute atomic E-state index is 0.0201. The van der Waals surface area contributed by atoms with Crippen LogP contribution in [0, 0.1) is 11.3 Å². The van der Waals surface area contributed by atoms with Gasteiger partial charge in [0.15, 0.2) is 0 Å². The third-order valence-electron chi connectivity index (χ3n) is 1.92. The Hall–Kier alpha value is -1.08. The average Bonchev–Trinajstić information content (AvgIpc) is 2.09. The van der Waals surface area contributed by atoms with E-state index in [2.05, 4.69) is 0 Å². The zero-order valence-electron chi connectivity index (χ0n) is 7.12. The maximum Gasteiger partial charge on any atom is 0.248 e. The summed E-state index contributed by atoms with van der Waals surface area (Å²) in [4.78, 5) is 12.8. The molecule has 1 aliphatic heterocycles. The molecule has 0 radical (unpaired) electrons. The van der Waals surface area contributed by atoms with Gasteiger partial charge in [0.25, 0.3) is 0 Å². The summed E-state index contributed by atoms with van der Waals surface area (Å²) in [5.74, 6) is 0.0201. The average molecular weight is 168 g/mol. The normalized spacial score (nSPS) is 23.8. The van der Waals surface area contributed by atoms with Crippen molar-refractivity contribution < 1.29 is 9.53 Å². The van der Waals surface area contributed by atoms with E-state index in [4.69, 9.17) is 10.00 Å². The number of amides is 1. The number of rotatable bonds is 2. The lowest BCUT2D eigenvalue weighted by molar-refractivity contribution is -0.148. The van der Waals surface area contributed by atoms with Crippen LogP contribution in [0.15, 0.2) is 0 Å². The summed E-state index contributed by atoms with van der Waals surface area (Å²) in [7, 11) is 0. The quantitative estimate of drug-likeness (QED) is 0.589. The van der Waals surface area contributed by atoms with Gasteiger partial charge >= 0.3 is 0 Å². The molecule has 1 fully saturated rings. The fraction of sp³-hybridized carbons (Fsp3) is 0.750. The molecule has 0 aliphatic carbocycles. The van der Waals surface area contributed by atoms with Crippen molar-refractivity contribution in [3.63, 3.8) is 0 Å². The SMILES string of the molecule is CCN1CC(CC#N)OCC1=O. The number of likely N-dealkylation sites (N-methyl/N-ethyl adjacent to an activating group) is 1. The van der Waals surface area contributed by atoms with E-state index in [1.54, 1.807) is 4.90 Å². The molecule has 0 saturated carbocycles. The van der Waals surface area contributed by atoms with E-state index in [-0.39, 0.29) is 18.6 Å². The van der Waals surface area contributed by atoms with Gasteiger partial charge in [-0.1, -0.05) is 0 Å². The first-order chi connectivity index (χ1) is 5.77. The van der Waals surface area contributed by atoms with E-state index >= 15 is 0 Å². The maximum absolute atomic E-state index is 11.1. The summed E-state index contributed by atoms with van der Waals surface area (Å²) < 4.78 is 5.15. The molecule has 1 unspecified atom stereocenters. The molecule has 0 aromatic carbocycles. The van der Waals surface area contributed by atoms with Crippen molar-refractivity contribution in [3.8, 4) is 6.07 Å². The third-order valence-corrected chi connectivity index (χ3v) is 1.92. The molecule has 1 saturated heterocycles. The highest BCUT2D eigenvalue weighted by Gasteiger charge is 2.24. The van der Waals surface area contributed by atoms with Crippen molar-refractivity contribution >= 4 is 5.91 Å². The van der Waals surface area contributed by atoms with Gasteiger partial charge in [0.2, 0.25) is 5.91 Å². The molecule has 1 aliphatic rings. The lowest BCUT2D eigenvalue weighted by Gasteiger charge is -2.30. The fourth-order valence-corrected chi connectivity index (χ4v) is 1.21. The van der Waals surface area contributed by atoms with Crippen molar-refractivity contribution in [2.75, 3.05) is 19.7 Å². The standard InChI is InChI=1S/C8H12N2O2/c1-2-10-5-7(3-4-9)12-6-8(10)11/h7H,2-3,5-6H2,1H3. The van der Waals surface area contributed by atoms with E-state index < -0.39 is 0 Å². The molecular weight excluding hydrogens is 156 g/mol. The van der Waals surface area contributed by atoms with Crippen molar-refractivity contribution in [2.45, 2.75) is 19.4 Å². The predicted octanol–water partition coefficient (Wildman–Crippen LogP) is 0.147. The van der Waals surface area contributed by atoms with Crippen LogP contribution in [0.5, 0.6) is 0 Å². The molecule has 0 N–H and O–H groups in total. The molecule has 0 spiro atoms. The first-order valence-electron chi connectivity index (χ1n) is 4.04. The zero-order valence-corrected chi connectivity index (χ0v) is 7.12. The number of nitriles is 1. The number of carbonyl (C=O) groups excluding carboxylic acids is 1. The summed E-state index contributed by atoms with van der Waals surface area (Å²) in [6, 6.07) is 2.03. The Balaban J connectivity index is 2.45. The van der Waals surface area contributed by atoms with Gasteiger partial charge in [0, 0.05) is 13.1 Å². The second-order valence-electron chi connectivity index (χ2n) is 2.73. The second kappa shape index (κ2) is 4.07. The summed E-state index contributed by atoms with van der Waals surface area (Å²) in [5, 5.41) is 8.41. The van der Waals surface area contributed by atoms with Crippen molar-refractivity contribution in [3.05, 3.63) is 0 Å². The van der Waals surface area contributed by atoms with Crippen LogP contribution in [0.1, 0.15) is 13.3 Å². The van der Waals surface area contributed by atoms with Crippen molar-refractivity contribution in [2.24, 2.45) is 0 Å². The molecule has 4 nitrogen and oxygen atoms in total. The highest BCUT2D eigenvalue weighted by Crippen LogP contribution is 2.08. The Morgan fingerprint density at radius 1 is 1.83 bits per heavy atom. The monoisotopic (exact) mass is 168 g/mol. The van der Waals surface area contributed by atoms with Crippen molar-refractivity contribution in [1.29, 1.82) is 5.26 Å². The van der Waals surface area contributed by atoms with E-state index in [0.29, 0.717) is 19.5 Å². The van der Waals surface area contributed by atoms with Gasteiger partial charge in [-0.2, -0.15) is 5.26 Å². The Bertz CT molecular complexity index is 210. The van der Waals surface area contributed by atoms with Crippen LogP contribution in [-0.2, 0) is 9.53 Å². The van der Waals surface area contributed by atoms with Crippen molar-refractivity contribution in [1.82, 2.24) is 4.90 Å². The number of hydrogen-bond acceptors (Lipinski definition) is 3. The van der Waals surface area contributed by atoms with Gasteiger partial charge in [-0.15, -0.1) is 0 Å². The van der Waals surface area contributed by atoms with Gasteiger partial charge in [-0.3, -0.25) is 4.79 Å². The molecular formula is C8H12N2O2. The van der Waals surface area contributed by atoms with Gasteiger partial charge in [0.05, 0.1) is 18.6 Å². The number of carbonyl (C=O) groups is 1. The van der Waals surface area contributed by atoms with E-state index in [1.165, 1.54) is 0 Å². The molecule has 1 amide bonds. The summed E-state index contributed by atoms with van der Waals surface area (Å²) in [6.45, 7) is 3.31. The number of hydrogen-bond donors (Lipinski definition) is 0. The highest BCUT2D eigenvalue weighted by molar-refractivity contribution is 5.78. The molecule has 66 valence electrons. The fourth-order valence-electron chi connectivity index (χ4n) is 1.21. The van der Waals surface area contributed by atoms with Crippen LogP contribution in [-0.4, -0.2) is 36.6 Å². The highest BCUT2D eigenvalue weighted by atomic mass is 16.5. The molecule has 0 bridgehead atoms. The largest absolute Gasteiger partial charge is 0.365 e. The van der Waals surface area contributed by atoms with Crippen LogP contribution in [0.4, 0.5) is 0 Å². The van der Waals surface area contributed by atoms with Crippen LogP contribution >= 0.6 is 0 Å². The Morgan fingerprint density at radius 2 is 2.58 bits per heavy atom. The van der Waals surface area contributed by atoms with E-state index in [9.17, 15) is 4.79 Å². The van der Waals surface area contributed by atoms with Gasteiger partial charge < -0.3 is 9.64 Å². The smallest absolute Gasteiger partial charge is 0.248 e. The molecule has 0 aromatic heterocycles. The van der Waals surface area contributed by atoms with Gasteiger partial charge in [0.1, 0.15) is 6.61 Å². The topological polar surface area (TPSA) is 53.3 Å². The van der Waals surface area contributed by atoms with Crippen LogP contribution in [0.25, 0.3) is 0 Å². The molecule has 1 heterocycles. The number of ether oxygens (including phenoxy) is 1. The molecule has 4 heteroatoms. The minimum Gasteiger partial charge on any atom is -0.365 e. The zero-order chi connectivity index (χ0) is 8.97. The minimum atomic E-state index is -0.0901. The molecule has 0 aromatic rings. The van der Waals surface area contributed by atoms with Crippen LogP contribution < -0.4 is 0 Å². The van der Waals surface area contributed by atoms with Gasteiger partial charge in [-0.05, 0) is 6.92 Å². The lowest BCUT2D eigenvalue weighted by atomic mass is 10.2. The Morgan fingerprint density at radius 3 is 3.17 bits per heavy atom. The number of morpholine rings is 1. The third kappa shape index (κ3) is 1.95. The first-order valence-corrected chi connectivity index (χ1v) is 4.04.